The van der Waals surface area contributed by atoms with Crippen LogP contribution in [0.1, 0.15) is 23.8 Å². The fraction of sp³-hybridized carbons (Fsp3) is 0.333. The van der Waals surface area contributed by atoms with Crippen LogP contribution in [-0.2, 0) is 0 Å². The van der Waals surface area contributed by atoms with Crippen molar-refractivity contribution in [2.45, 2.75) is 19.4 Å². The molecule has 0 aliphatic rings. The molecule has 1 amide bonds. The van der Waals surface area contributed by atoms with E-state index in [0.29, 0.717) is 24.5 Å². The first-order valence-corrected chi connectivity index (χ1v) is 5.71. The minimum Gasteiger partial charge on any atom is -0.461 e. The first-order valence-electron chi connectivity index (χ1n) is 5.71. The van der Waals surface area contributed by atoms with E-state index in [1.807, 2.05) is 6.92 Å². The monoisotopic (exact) mass is 249 g/mol. The molecule has 2 aromatic heterocycles. The van der Waals surface area contributed by atoms with Crippen LogP contribution in [0.4, 0.5) is 0 Å². The largest absolute Gasteiger partial charge is 0.461 e. The zero-order valence-electron chi connectivity index (χ0n) is 10.1. The Morgan fingerprint density at radius 3 is 3.06 bits per heavy atom. The molecular weight excluding hydrogens is 234 g/mol. The Morgan fingerprint density at radius 2 is 2.39 bits per heavy atom. The number of nitrogens with one attached hydrogen (secondary N) is 1. The van der Waals surface area contributed by atoms with E-state index in [1.54, 1.807) is 18.2 Å². The van der Waals surface area contributed by atoms with Gasteiger partial charge in [-0.25, -0.2) is 0 Å². The van der Waals surface area contributed by atoms with Crippen LogP contribution in [0.2, 0.25) is 0 Å². The smallest absolute Gasteiger partial charge is 0.273 e. The maximum Gasteiger partial charge on any atom is 0.273 e. The van der Waals surface area contributed by atoms with Crippen LogP contribution in [0.3, 0.4) is 0 Å². The fourth-order valence-electron chi connectivity index (χ4n) is 1.42. The van der Waals surface area contributed by atoms with Gasteiger partial charge in [0.05, 0.1) is 6.26 Å². The highest BCUT2D eigenvalue weighted by molar-refractivity contribution is 5.92. The van der Waals surface area contributed by atoms with E-state index in [0.717, 1.165) is 0 Å². The number of furan rings is 1. The van der Waals surface area contributed by atoms with Crippen molar-refractivity contribution < 1.29 is 13.7 Å². The number of carbonyl (C=O) groups excluding carboxylic acids is 1. The van der Waals surface area contributed by atoms with Gasteiger partial charge >= 0.3 is 0 Å². The molecule has 96 valence electrons. The van der Waals surface area contributed by atoms with Crippen molar-refractivity contribution in [3.8, 4) is 11.5 Å². The average Bonchev–Trinajstić information content (AvgIpc) is 2.99. The summed E-state index contributed by atoms with van der Waals surface area (Å²) in [6.07, 6.45) is 2.24. The Bertz CT molecular complexity index is 502. The molecule has 6 nitrogen and oxygen atoms in total. The lowest BCUT2D eigenvalue weighted by atomic mass is 10.2. The molecule has 0 bridgehead atoms. The average molecular weight is 249 g/mol. The molecule has 0 aliphatic heterocycles. The number of hydrogen-bond donors (Lipinski definition) is 2. The molecule has 2 heterocycles. The van der Waals surface area contributed by atoms with Crippen LogP contribution in [-0.4, -0.2) is 23.7 Å². The second kappa shape index (κ2) is 5.50. The van der Waals surface area contributed by atoms with E-state index in [9.17, 15) is 4.79 Å². The van der Waals surface area contributed by atoms with Gasteiger partial charge in [0.1, 0.15) is 0 Å². The van der Waals surface area contributed by atoms with E-state index in [4.69, 9.17) is 14.7 Å². The predicted octanol–water partition coefficient (Wildman–Crippen LogP) is 1.40. The minimum atomic E-state index is -0.280. The topological polar surface area (TPSA) is 94.3 Å². The molecule has 2 rings (SSSR count). The lowest BCUT2D eigenvalue weighted by Gasteiger charge is -2.04. The van der Waals surface area contributed by atoms with Crippen LogP contribution >= 0.6 is 0 Å². The third-order valence-corrected chi connectivity index (χ3v) is 2.39. The molecule has 1 unspecified atom stereocenters. The summed E-state index contributed by atoms with van der Waals surface area (Å²) in [5.74, 6) is 0.687. The quantitative estimate of drug-likeness (QED) is 0.835. The Kier molecular flexibility index (Phi) is 3.78. The summed E-state index contributed by atoms with van der Waals surface area (Å²) in [7, 11) is 0. The zero-order chi connectivity index (χ0) is 13.0. The van der Waals surface area contributed by atoms with E-state index >= 15 is 0 Å². The van der Waals surface area contributed by atoms with Crippen molar-refractivity contribution in [3.05, 3.63) is 30.2 Å². The summed E-state index contributed by atoms with van der Waals surface area (Å²) in [4.78, 5) is 11.7. The lowest BCUT2D eigenvalue weighted by molar-refractivity contribution is 0.0944. The second-order valence-corrected chi connectivity index (χ2v) is 4.08. The summed E-state index contributed by atoms with van der Waals surface area (Å²) in [5, 5.41) is 6.41. The van der Waals surface area contributed by atoms with Crippen LogP contribution in [0.15, 0.2) is 33.4 Å². The number of hydrogen-bond acceptors (Lipinski definition) is 5. The van der Waals surface area contributed by atoms with Gasteiger partial charge in [-0.15, -0.1) is 0 Å². The van der Waals surface area contributed by atoms with Gasteiger partial charge < -0.3 is 20.0 Å². The van der Waals surface area contributed by atoms with Crippen molar-refractivity contribution in [2.24, 2.45) is 5.73 Å². The molecular formula is C12H15N3O3. The summed E-state index contributed by atoms with van der Waals surface area (Å²) in [6, 6.07) is 5.07. The number of amides is 1. The van der Waals surface area contributed by atoms with E-state index < -0.39 is 0 Å². The Balaban J connectivity index is 1.95. The molecule has 0 fully saturated rings. The van der Waals surface area contributed by atoms with Gasteiger partial charge in [-0.2, -0.15) is 0 Å². The summed E-state index contributed by atoms with van der Waals surface area (Å²) >= 11 is 0. The number of rotatable bonds is 5. The molecule has 0 aliphatic carbocycles. The molecule has 0 saturated carbocycles. The first-order chi connectivity index (χ1) is 8.66. The molecule has 1 atom stereocenters. The fourth-order valence-corrected chi connectivity index (χ4v) is 1.42. The van der Waals surface area contributed by atoms with E-state index in [1.165, 1.54) is 6.26 Å². The van der Waals surface area contributed by atoms with Crippen LogP contribution in [0.5, 0.6) is 0 Å². The standard InChI is InChI=1S/C12H15N3O3/c1-8(13)4-5-14-12(16)9-7-11(18-15-9)10-3-2-6-17-10/h2-3,6-8H,4-5,13H2,1H3,(H,14,16). The molecule has 18 heavy (non-hydrogen) atoms. The van der Waals surface area contributed by atoms with Crippen molar-refractivity contribution in [1.29, 1.82) is 0 Å². The highest BCUT2D eigenvalue weighted by Gasteiger charge is 2.14. The van der Waals surface area contributed by atoms with Gasteiger partial charge in [0.15, 0.2) is 11.5 Å². The molecule has 0 saturated heterocycles. The van der Waals surface area contributed by atoms with Gasteiger partial charge in [-0.05, 0) is 25.5 Å². The van der Waals surface area contributed by atoms with Crippen molar-refractivity contribution in [2.75, 3.05) is 6.54 Å². The Hall–Kier alpha value is -2.08. The number of nitrogens with two attached hydrogens (primary N) is 1. The normalized spacial score (nSPS) is 12.3. The maximum absolute atomic E-state index is 11.7. The van der Waals surface area contributed by atoms with Gasteiger partial charge in [-0.3, -0.25) is 4.79 Å². The number of nitrogens with zero attached hydrogens (tertiary/aromatic N) is 1. The second-order valence-electron chi connectivity index (χ2n) is 4.08. The van der Waals surface area contributed by atoms with Crippen molar-refractivity contribution in [3.63, 3.8) is 0 Å². The molecule has 0 aromatic carbocycles. The third kappa shape index (κ3) is 2.98. The lowest BCUT2D eigenvalue weighted by Crippen LogP contribution is -2.29. The van der Waals surface area contributed by atoms with Gasteiger partial charge in [-0.1, -0.05) is 5.16 Å². The first kappa shape index (κ1) is 12.4. The van der Waals surface area contributed by atoms with Gasteiger partial charge in [0.2, 0.25) is 5.76 Å². The van der Waals surface area contributed by atoms with E-state index in [2.05, 4.69) is 10.5 Å². The van der Waals surface area contributed by atoms with Crippen LogP contribution < -0.4 is 11.1 Å². The summed E-state index contributed by atoms with van der Waals surface area (Å²) in [5.41, 5.74) is 5.82. The van der Waals surface area contributed by atoms with Crippen LogP contribution in [0, 0.1) is 0 Å². The molecule has 0 radical (unpaired) electrons. The van der Waals surface area contributed by atoms with Gasteiger partial charge in [0.25, 0.3) is 5.91 Å². The SMILES string of the molecule is CC(N)CCNC(=O)c1cc(-c2ccco2)on1. The number of carbonyl (C=O) groups is 1. The zero-order valence-corrected chi connectivity index (χ0v) is 10.1. The van der Waals surface area contributed by atoms with Crippen LogP contribution in [0.25, 0.3) is 11.5 Å². The van der Waals surface area contributed by atoms with E-state index in [-0.39, 0.29) is 17.6 Å². The maximum atomic E-state index is 11.7. The van der Waals surface area contributed by atoms with Crippen molar-refractivity contribution in [1.82, 2.24) is 10.5 Å². The third-order valence-electron chi connectivity index (χ3n) is 2.39. The number of aromatic nitrogens is 1. The molecule has 2 aromatic rings. The Labute approximate surface area is 104 Å². The summed E-state index contributed by atoms with van der Waals surface area (Å²) < 4.78 is 10.2. The predicted molar refractivity (Wildman–Crippen MR) is 64.8 cm³/mol. The molecule has 3 N–H and O–H groups in total. The van der Waals surface area contributed by atoms with Gasteiger partial charge in [0, 0.05) is 18.7 Å². The highest BCUT2D eigenvalue weighted by atomic mass is 16.5. The highest BCUT2D eigenvalue weighted by Crippen LogP contribution is 2.20. The summed E-state index contributed by atoms with van der Waals surface area (Å²) in [6.45, 7) is 2.40. The Morgan fingerprint density at radius 1 is 1.56 bits per heavy atom. The molecule has 6 heteroatoms. The molecule has 0 spiro atoms. The minimum absolute atomic E-state index is 0.0567. The van der Waals surface area contributed by atoms with Crippen molar-refractivity contribution >= 4 is 5.91 Å².